The smallest absolute Gasteiger partial charge is 0.295 e. The number of nitrogens with one attached hydrogen (secondary N) is 1. The number of nitrogens with zero attached hydrogens (tertiary/aromatic N) is 4. The van der Waals surface area contributed by atoms with Gasteiger partial charge in [-0.2, -0.15) is 4.98 Å². The Bertz CT molecular complexity index is 1270. The van der Waals surface area contributed by atoms with Crippen LogP contribution in [0.4, 0.5) is 0 Å². The summed E-state index contributed by atoms with van der Waals surface area (Å²) in [6, 6.07) is 11.5. The highest BCUT2D eigenvalue weighted by Crippen LogP contribution is 2.24. The Labute approximate surface area is 195 Å². The number of thiophene rings is 1. The van der Waals surface area contributed by atoms with Gasteiger partial charge in [0.15, 0.2) is 0 Å². The number of hydrogen-bond acceptors (Lipinski definition) is 7. The van der Waals surface area contributed by atoms with Crippen molar-refractivity contribution in [3.8, 4) is 10.7 Å². The van der Waals surface area contributed by atoms with Crippen molar-refractivity contribution in [2.45, 2.75) is 19.8 Å². The average molecular weight is 464 g/mol. The molecule has 1 aliphatic heterocycles. The van der Waals surface area contributed by atoms with E-state index in [0.29, 0.717) is 30.4 Å². The van der Waals surface area contributed by atoms with E-state index in [0.717, 1.165) is 53.9 Å². The third kappa shape index (κ3) is 4.46. The second kappa shape index (κ2) is 9.29. The molecule has 0 spiro atoms. The van der Waals surface area contributed by atoms with Gasteiger partial charge in [0.25, 0.3) is 11.7 Å². The molecule has 0 atom stereocenters. The van der Waals surface area contributed by atoms with Gasteiger partial charge in [0.05, 0.1) is 10.4 Å². The number of benzene rings is 1. The molecule has 1 aliphatic rings. The number of carbonyl (C=O) groups is 2. The van der Waals surface area contributed by atoms with E-state index in [1.54, 1.807) is 16.2 Å². The zero-order chi connectivity index (χ0) is 22.8. The van der Waals surface area contributed by atoms with Crippen molar-refractivity contribution in [3.63, 3.8) is 0 Å². The SMILES string of the molecule is Cc1[nH]c2ccccc2c1C(=O)C(=O)N1CCN(CCCc2nc(-c3cccs3)no2)CC1. The number of ketones is 1. The molecule has 4 heterocycles. The number of piperazine rings is 1. The van der Waals surface area contributed by atoms with Gasteiger partial charge in [-0.05, 0) is 37.4 Å². The van der Waals surface area contributed by atoms with Gasteiger partial charge in [-0.3, -0.25) is 14.5 Å². The first kappa shape index (κ1) is 21.5. The predicted octanol–water partition coefficient (Wildman–Crippen LogP) is 3.55. The number of para-hydroxylation sites is 1. The summed E-state index contributed by atoms with van der Waals surface area (Å²) in [4.78, 5) is 38.6. The third-order valence-electron chi connectivity index (χ3n) is 6.05. The summed E-state index contributed by atoms with van der Waals surface area (Å²) in [5.74, 6) is 0.431. The van der Waals surface area contributed by atoms with Gasteiger partial charge in [-0.25, -0.2) is 0 Å². The van der Waals surface area contributed by atoms with Crippen LogP contribution < -0.4 is 0 Å². The molecule has 4 aromatic rings. The number of aromatic nitrogens is 3. The molecule has 3 aromatic heterocycles. The van der Waals surface area contributed by atoms with E-state index in [4.69, 9.17) is 4.52 Å². The average Bonchev–Trinajstić information content (AvgIpc) is 3.58. The number of rotatable bonds is 7. The minimum atomic E-state index is -0.434. The molecule has 0 unspecified atom stereocenters. The number of aryl methyl sites for hydroxylation is 2. The number of aromatic amines is 1. The van der Waals surface area contributed by atoms with Gasteiger partial charge < -0.3 is 14.4 Å². The van der Waals surface area contributed by atoms with E-state index >= 15 is 0 Å². The van der Waals surface area contributed by atoms with E-state index in [9.17, 15) is 9.59 Å². The molecule has 0 bridgehead atoms. The summed E-state index contributed by atoms with van der Waals surface area (Å²) < 4.78 is 5.36. The Balaban J connectivity index is 1.11. The topological polar surface area (TPSA) is 95.3 Å². The lowest BCUT2D eigenvalue weighted by atomic mass is 10.1. The molecule has 33 heavy (non-hydrogen) atoms. The number of amides is 1. The largest absolute Gasteiger partial charge is 0.358 e. The normalized spacial score (nSPS) is 14.8. The summed E-state index contributed by atoms with van der Waals surface area (Å²) >= 11 is 1.59. The molecule has 0 aliphatic carbocycles. The van der Waals surface area contributed by atoms with E-state index in [1.807, 2.05) is 48.7 Å². The quantitative estimate of drug-likeness (QED) is 0.333. The van der Waals surface area contributed by atoms with Crippen LogP contribution in [0.15, 0.2) is 46.3 Å². The van der Waals surface area contributed by atoms with Gasteiger partial charge in [-0.15, -0.1) is 11.3 Å². The van der Waals surface area contributed by atoms with E-state index in [-0.39, 0.29) is 0 Å². The highest BCUT2D eigenvalue weighted by molar-refractivity contribution is 7.13. The summed E-state index contributed by atoms with van der Waals surface area (Å²) in [7, 11) is 0. The van der Waals surface area contributed by atoms with Crippen molar-refractivity contribution in [3.05, 3.63) is 58.9 Å². The maximum Gasteiger partial charge on any atom is 0.295 e. The maximum atomic E-state index is 13.0. The second-order valence-electron chi connectivity index (χ2n) is 8.23. The number of carbonyl (C=O) groups excluding carboxylic acids is 2. The van der Waals surface area contributed by atoms with Crippen LogP contribution in [0.3, 0.4) is 0 Å². The lowest BCUT2D eigenvalue weighted by molar-refractivity contribution is -0.128. The standard InChI is InChI=1S/C24H25N5O3S/c1-16-21(17-6-2-3-7-18(17)25-16)22(30)24(31)29-13-11-28(12-14-29)10-4-9-20-26-23(27-32-20)19-8-5-15-33-19/h2-3,5-8,15,25H,4,9-14H2,1H3. The molecule has 1 saturated heterocycles. The fourth-order valence-corrected chi connectivity index (χ4v) is 4.96. The summed E-state index contributed by atoms with van der Waals surface area (Å²) in [6.07, 6.45) is 1.61. The van der Waals surface area contributed by atoms with Crippen LogP contribution in [-0.2, 0) is 11.2 Å². The number of H-pyrrole nitrogens is 1. The van der Waals surface area contributed by atoms with Crippen molar-refractivity contribution in [1.82, 2.24) is 24.9 Å². The minimum Gasteiger partial charge on any atom is -0.358 e. The number of Topliss-reactive ketones (excluding diaryl/α,β-unsaturated/α-hetero) is 1. The predicted molar refractivity (Wildman–Crippen MR) is 126 cm³/mol. The third-order valence-corrected chi connectivity index (χ3v) is 6.91. The fourth-order valence-electron chi connectivity index (χ4n) is 4.31. The van der Waals surface area contributed by atoms with Crippen molar-refractivity contribution in [1.29, 1.82) is 0 Å². The lowest BCUT2D eigenvalue weighted by Crippen LogP contribution is -2.50. The molecular formula is C24H25N5O3S. The summed E-state index contributed by atoms with van der Waals surface area (Å²) in [6.45, 7) is 5.32. The number of fused-ring (bicyclic) bond motifs is 1. The van der Waals surface area contributed by atoms with Gasteiger partial charge in [-0.1, -0.05) is 29.4 Å². The first-order valence-corrected chi connectivity index (χ1v) is 12.0. The minimum absolute atomic E-state index is 0.422. The van der Waals surface area contributed by atoms with Gasteiger partial charge in [0.2, 0.25) is 11.7 Å². The highest BCUT2D eigenvalue weighted by Gasteiger charge is 2.29. The van der Waals surface area contributed by atoms with E-state index in [1.165, 1.54) is 0 Å². The molecule has 1 aromatic carbocycles. The van der Waals surface area contributed by atoms with E-state index < -0.39 is 11.7 Å². The van der Waals surface area contributed by atoms with Crippen LogP contribution in [0.2, 0.25) is 0 Å². The molecule has 8 nitrogen and oxygen atoms in total. The van der Waals surface area contributed by atoms with Crippen molar-refractivity contribution < 1.29 is 14.1 Å². The van der Waals surface area contributed by atoms with Crippen LogP contribution in [0.25, 0.3) is 21.6 Å². The summed E-state index contributed by atoms with van der Waals surface area (Å²) in [5.41, 5.74) is 2.09. The molecule has 9 heteroatoms. The van der Waals surface area contributed by atoms with Crippen LogP contribution >= 0.6 is 11.3 Å². The molecule has 1 N–H and O–H groups in total. The summed E-state index contributed by atoms with van der Waals surface area (Å²) in [5, 5.41) is 6.84. The Kier molecular flexibility index (Phi) is 6.06. The Morgan fingerprint density at radius 3 is 2.73 bits per heavy atom. The molecule has 1 fully saturated rings. The molecular weight excluding hydrogens is 438 g/mol. The van der Waals surface area contributed by atoms with Crippen molar-refractivity contribution >= 4 is 33.9 Å². The van der Waals surface area contributed by atoms with Crippen LogP contribution in [0, 0.1) is 6.92 Å². The Morgan fingerprint density at radius 2 is 1.94 bits per heavy atom. The Morgan fingerprint density at radius 1 is 1.12 bits per heavy atom. The fraction of sp³-hybridized carbons (Fsp3) is 0.333. The lowest BCUT2D eigenvalue weighted by Gasteiger charge is -2.34. The monoisotopic (exact) mass is 463 g/mol. The maximum absolute atomic E-state index is 13.0. The highest BCUT2D eigenvalue weighted by atomic mass is 32.1. The molecule has 170 valence electrons. The Hall–Kier alpha value is -3.30. The van der Waals surface area contributed by atoms with Gasteiger partial charge >= 0.3 is 0 Å². The van der Waals surface area contributed by atoms with Crippen LogP contribution in [0.5, 0.6) is 0 Å². The van der Waals surface area contributed by atoms with Gasteiger partial charge in [0.1, 0.15) is 0 Å². The van der Waals surface area contributed by atoms with Crippen LogP contribution in [0.1, 0.15) is 28.4 Å². The van der Waals surface area contributed by atoms with Gasteiger partial charge in [0, 0.05) is 49.2 Å². The van der Waals surface area contributed by atoms with E-state index in [2.05, 4.69) is 20.0 Å². The number of hydrogen-bond donors (Lipinski definition) is 1. The molecule has 0 saturated carbocycles. The van der Waals surface area contributed by atoms with Crippen molar-refractivity contribution in [2.24, 2.45) is 0 Å². The molecule has 1 amide bonds. The second-order valence-corrected chi connectivity index (χ2v) is 9.17. The zero-order valence-electron chi connectivity index (χ0n) is 18.4. The first-order chi connectivity index (χ1) is 16.1. The first-order valence-electron chi connectivity index (χ1n) is 11.1. The molecule has 0 radical (unpaired) electrons. The van der Waals surface area contributed by atoms with Crippen molar-refractivity contribution in [2.75, 3.05) is 32.7 Å². The molecule has 5 rings (SSSR count). The zero-order valence-corrected chi connectivity index (χ0v) is 19.2. The van der Waals surface area contributed by atoms with Crippen LogP contribution in [-0.4, -0.2) is 69.3 Å².